The van der Waals surface area contributed by atoms with Crippen LogP contribution >= 0.6 is 0 Å². The number of nitrogens with one attached hydrogen (secondary N) is 1. The van der Waals surface area contributed by atoms with Gasteiger partial charge in [0, 0.05) is 31.1 Å². The molecule has 0 saturated carbocycles. The van der Waals surface area contributed by atoms with Gasteiger partial charge in [0.25, 0.3) is 5.91 Å². The number of hydrogen-bond donors (Lipinski definition) is 1. The Morgan fingerprint density at radius 1 is 1.00 bits per heavy atom. The fraction of sp³-hybridized carbons (Fsp3) is 0.391. The molecule has 1 fully saturated rings. The second kappa shape index (κ2) is 8.85. The van der Waals surface area contributed by atoms with Crippen LogP contribution in [0.25, 0.3) is 0 Å². The lowest BCUT2D eigenvalue weighted by Gasteiger charge is -2.18. The maximum absolute atomic E-state index is 12.9. The first-order chi connectivity index (χ1) is 13.1. The molecule has 1 aliphatic heterocycles. The first kappa shape index (κ1) is 19.2. The SMILES string of the molecule is CC(C)CCNC(=O)[C@@H]1CN(C(=O)c2ccccc2)C[C@@H]1c1ccccc1. The molecule has 2 aromatic rings. The normalized spacial score (nSPS) is 19.3. The molecule has 1 aliphatic rings. The van der Waals surface area contributed by atoms with Crippen LogP contribution in [0.2, 0.25) is 0 Å². The summed E-state index contributed by atoms with van der Waals surface area (Å²) in [6, 6.07) is 19.4. The van der Waals surface area contributed by atoms with Crippen LogP contribution in [0.4, 0.5) is 0 Å². The van der Waals surface area contributed by atoms with E-state index in [1.165, 1.54) is 0 Å². The summed E-state index contributed by atoms with van der Waals surface area (Å²) in [5.74, 6) is 0.405. The van der Waals surface area contributed by atoms with Crippen molar-refractivity contribution in [2.45, 2.75) is 26.2 Å². The maximum Gasteiger partial charge on any atom is 0.253 e. The third kappa shape index (κ3) is 4.76. The molecule has 27 heavy (non-hydrogen) atoms. The highest BCUT2D eigenvalue weighted by atomic mass is 16.2. The molecule has 0 unspecified atom stereocenters. The van der Waals surface area contributed by atoms with Crippen molar-refractivity contribution in [3.05, 3.63) is 71.8 Å². The van der Waals surface area contributed by atoms with Gasteiger partial charge < -0.3 is 10.2 Å². The zero-order valence-corrected chi connectivity index (χ0v) is 16.1. The average Bonchev–Trinajstić information content (AvgIpc) is 3.14. The minimum Gasteiger partial charge on any atom is -0.356 e. The van der Waals surface area contributed by atoms with Crippen LogP contribution in [0, 0.1) is 11.8 Å². The van der Waals surface area contributed by atoms with Gasteiger partial charge in [0.15, 0.2) is 0 Å². The summed E-state index contributed by atoms with van der Waals surface area (Å²) in [7, 11) is 0. The topological polar surface area (TPSA) is 49.4 Å². The van der Waals surface area contributed by atoms with Crippen LogP contribution in [0.3, 0.4) is 0 Å². The summed E-state index contributed by atoms with van der Waals surface area (Å²) in [5, 5.41) is 3.08. The van der Waals surface area contributed by atoms with Gasteiger partial charge in [-0.25, -0.2) is 0 Å². The zero-order valence-electron chi connectivity index (χ0n) is 16.1. The molecule has 0 radical (unpaired) electrons. The first-order valence-electron chi connectivity index (χ1n) is 9.73. The van der Waals surface area contributed by atoms with Crippen LogP contribution in [0.1, 0.15) is 42.1 Å². The van der Waals surface area contributed by atoms with Gasteiger partial charge in [-0.1, -0.05) is 62.4 Å². The van der Waals surface area contributed by atoms with Gasteiger partial charge in [0.2, 0.25) is 5.91 Å². The van der Waals surface area contributed by atoms with Crippen molar-refractivity contribution in [3.8, 4) is 0 Å². The molecular formula is C23H28N2O2. The molecule has 4 nitrogen and oxygen atoms in total. The fourth-order valence-corrected chi connectivity index (χ4v) is 3.65. The molecule has 1 N–H and O–H groups in total. The smallest absolute Gasteiger partial charge is 0.253 e. The minimum atomic E-state index is -0.216. The number of rotatable bonds is 6. The molecule has 1 saturated heterocycles. The predicted octanol–water partition coefficient (Wildman–Crippen LogP) is 3.70. The Bertz CT molecular complexity index is 758. The van der Waals surface area contributed by atoms with Gasteiger partial charge >= 0.3 is 0 Å². The maximum atomic E-state index is 12.9. The van der Waals surface area contributed by atoms with E-state index < -0.39 is 0 Å². The van der Waals surface area contributed by atoms with Crippen molar-refractivity contribution in [2.75, 3.05) is 19.6 Å². The van der Waals surface area contributed by atoms with E-state index in [1.54, 1.807) is 0 Å². The predicted molar refractivity (Wildman–Crippen MR) is 107 cm³/mol. The molecule has 2 amide bonds. The molecule has 4 heteroatoms. The molecule has 0 aliphatic carbocycles. The number of likely N-dealkylation sites (tertiary alicyclic amines) is 1. The first-order valence-corrected chi connectivity index (χ1v) is 9.73. The van der Waals surface area contributed by atoms with Crippen molar-refractivity contribution in [1.29, 1.82) is 0 Å². The van der Waals surface area contributed by atoms with Gasteiger partial charge in [-0.05, 0) is 30.0 Å². The van der Waals surface area contributed by atoms with E-state index in [4.69, 9.17) is 0 Å². The van der Waals surface area contributed by atoms with Crippen LogP contribution < -0.4 is 5.32 Å². The second-order valence-electron chi connectivity index (χ2n) is 7.67. The van der Waals surface area contributed by atoms with Crippen molar-refractivity contribution in [2.24, 2.45) is 11.8 Å². The third-order valence-electron chi connectivity index (χ3n) is 5.21. The third-order valence-corrected chi connectivity index (χ3v) is 5.21. The van der Waals surface area contributed by atoms with Crippen molar-refractivity contribution < 1.29 is 9.59 Å². The highest BCUT2D eigenvalue weighted by Crippen LogP contribution is 2.33. The van der Waals surface area contributed by atoms with Crippen LogP contribution in [0.5, 0.6) is 0 Å². The Labute approximate surface area is 161 Å². The summed E-state index contributed by atoms with van der Waals surface area (Å²) in [4.78, 5) is 27.6. The van der Waals surface area contributed by atoms with Gasteiger partial charge in [0.1, 0.15) is 0 Å². The molecular weight excluding hydrogens is 336 g/mol. The Balaban J connectivity index is 1.76. The monoisotopic (exact) mass is 364 g/mol. The van der Waals surface area contributed by atoms with E-state index in [0.29, 0.717) is 31.1 Å². The summed E-state index contributed by atoms with van der Waals surface area (Å²) < 4.78 is 0. The largest absolute Gasteiger partial charge is 0.356 e. The van der Waals surface area contributed by atoms with E-state index in [-0.39, 0.29) is 23.7 Å². The highest BCUT2D eigenvalue weighted by molar-refractivity contribution is 5.95. The zero-order chi connectivity index (χ0) is 19.2. The number of nitrogens with zero attached hydrogens (tertiary/aromatic N) is 1. The van der Waals surface area contributed by atoms with E-state index in [1.807, 2.05) is 53.4 Å². The number of hydrogen-bond acceptors (Lipinski definition) is 2. The van der Waals surface area contributed by atoms with E-state index in [2.05, 4.69) is 31.3 Å². The van der Waals surface area contributed by atoms with Crippen LogP contribution in [0.15, 0.2) is 60.7 Å². The van der Waals surface area contributed by atoms with Gasteiger partial charge in [-0.3, -0.25) is 9.59 Å². The second-order valence-corrected chi connectivity index (χ2v) is 7.67. The van der Waals surface area contributed by atoms with E-state index >= 15 is 0 Å². The minimum absolute atomic E-state index is 0.00554. The molecule has 0 spiro atoms. The molecule has 3 rings (SSSR count). The van der Waals surface area contributed by atoms with Gasteiger partial charge in [-0.2, -0.15) is 0 Å². The Kier molecular flexibility index (Phi) is 6.28. The molecule has 2 aromatic carbocycles. The fourth-order valence-electron chi connectivity index (χ4n) is 3.65. The Morgan fingerprint density at radius 3 is 2.26 bits per heavy atom. The van der Waals surface area contributed by atoms with Crippen molar-refractivity contribution >= 4 is 11.8 Å². The molecule has 142 valence electrons. The molecule has 0 bridgehead atoms. The summed E-state index contributed by atoms with van der Waals surface area (Å²) >= 11 is 0. The number of amides is 2. The lowest BCUT2D eigenvalue weighted by atomic mass is 9.88. The van der Waals surface area contributed by atoms with E-state index in [9.17, 15) is 9.59 Å². The summed E-state index contributed by atoms with van der Waals surface area (Å²) in [6.45, 7) is 6.01. The summed E-state index contributed by atoms with van der Waals surface area (Å²) in [5.41, 5.74) is 1.79. The lowest BCUT2D eigenvalue weighted by Crippen LogP contribution is -2.36. The summed E-state index contributed by atoms with van der Waals surface area (Å²) in [6.07, 6.45) is 0.959. The van der Waals surface area contributed by atoms with Crippen molar-refractivity contribution in [3.63, 3.8) is 0 Å². The number of benzene rings is 2. The number of carbonyl (C=O) groups is 2. The average molecular weight is 364 g/mol. The molecule has 2 atom stereocenters. The van der Waals surface area contributed by atoms with Gasteiger partial charge in [0.05, 0.1) is 5.92 Å². The van der Waals surface area contributed by atoms with E-state index in [0.717, 1.165) is 12.0 Å². The van der Waals surface area contributed by atoms with Crippen molar-refractivity contribution in [1.82, 2.24) is 10.2 Å². The highest BCUT2D eigenvalue weighted by Gasteiger charge is 2.40. The standard InChI is InChI=1S/C23H28N2O2/c1-17(2)13-14-24-22(26)21-16-25(23(27)19-11-7-4-8-12-19)15-20(21)18-9-5-3-6-10-18/h3-12,17,20-21H,13-16H2,1-2H3,(H,24,26)/t20-,21-/m1/s1. The molecule has 1 heterocycles. The lowest BCUT2D eigenvalue weighted by molar-refractivity contribution is -0.124. The Hall–Kier alpha value is -2.62. The van der Waals surface area contributed by atoms with Crippen LogP contribution in [-0.4, -0.2) is 36.3 Å². The number of carbonyl (C=O) groups excluding carboxylic acids is 2. The molecule has 0 aromatic heterocycles. The van der Waals surface area contributed by atoms with Gasteiger partial charge in [-0.15, -0.1) is 0 Å². The van der Waals surface area contributed by atoms with Crippen LogP contribution in [-0.2, 0) is 4.79 Å². The Morgan fingerprint density at radius 2 is 1.63 bits per heavy atom. The quantitative estimate of drug-likeness (QED) is 0.850.